The molecule has 2 amide bonds. The molecule has 1 aliphatic rings. The SMILES string of the molecule is Cc1nnc(SCC(=O)Nc2ccccc2C(=O)NCCc2ccccc2)n1C1CCCCC1. The molecule has 0 atom stereocenters. The minimum Gasteiger partial charge on any atom is -0.352 e. The van der Waals surface area contributed by atoms with E-state index in [0.29, 0.717) is 23.8 Å². The van der Waals surface area contributed by atoms with Crippen LogP contribution in [0.3, 0.4) is 0 Å². The molecule has 0 unspecified atom stereocenters. The lowest BCUT2D eigenvalue weighted by Gasteiger charge is -2.24. The lowest BCUT2D eigenvalue weighted by Crippen LogP contribution is -2.27. The Balaban J connectivity index is 1.33. The molecule has 2 aromatic carbocycles. The smallest absolute Gasteiger partial charge is 0.253 e. The van der Waals surface area contributed by atoms with E-state index in [1.54, 1.807) is 18.2 Å². The monoisotopic (exact) mass is 477 g/mol. The van der Waals surface area contributed by atoms with Crippen molar-refractivity contribution in [1.29, 1.82) is 0 Å². The molecule has 1 aromatic heterocycles. The Kier molecular flexibility index (Phi) is 8.36. The lowest BCUT2D eigenvalue weighted by molar-refractivity contribution is -0.113. The van der Waals surface area contributed by atoms with Crippen molar-refractivity contribution in [3.63, 3.8) is 0 Å². The maximum atomic E-state index is 12.7. The first-order valence-electron chi connectivity index (χ1n) is 11.9. The molecular formula is C26H31N5O2S. The minimum absolute atomic E-state index is 0.176. The van der Waals surface area contributed by atoms with Crippen LogP contribution in [0.5, 0.6) is 0 Å². The largest absolute Gasteiger partial charge is 0.352 e. The van der Waals surface area contributed by atoms with Gasteiger partial charge in [0.1, 0.15) is 5.82 Å². The average Bonchev–Trinajstić information content (AvgIpc) is 3.24. The summed E-state index contributed by atoms with van der Waals surface area (Å²) in [5, 5.41) is 15.2. The molecule has 0 spiro atoms. The molecule has 178 valence electrons. The van der Waals surface area contributed by atoms with Crippen LogP contribution in [0.4, 0.5) is 5.69 Å². The molecule has 0 radical (unpaired) electrons. The maximum absolute atomic E-state index is 12.7. The zero-order valence-corrected chi connectivity index (χ0v) is 20.3. The van der Waals surface area contributed by atoms with Crippen LogP contribution in [0.15, 0.2) is 59.8 Å². The summed E-state index contributed by atoms with van der Waals surface area (Å²) in [7, 11) is 0. The van der Waals surface area contributed by atoms with E-state index in [-0.39, 0.29) is 17.6 Å². The van der Waals surface area contributed by atoms with E-state index in [1.165, 1.54) is 31.0 Å². The Bertz CT molecular complexity index is 1110. The first-order chi connectivity index (χ1) is 16.6. The summed E-state index contributed by atoms with van der Waals surface area (Å²) in [5.41, 5.74) is 2.13. The maximum Gasteiger partial charge on any atom is 0.253 e. The van der Waals surface area contributed by atoms with Crippen molar-refractivity contribution < 1.29 is 9.59 Å². The molecule has 34 heavy (non-hydrogen) atoms. The van der Waals surface area contributed by atoms with Crippen molar-refractivity contribution >= 4 is 29.3 Å². The molecule has 1 heterocycles. The van der Waals surface area contributed by atoms with Gasteiger partial charge in [-0.1, -0.05) is 73.5 Å². The summed E-state index contributed by atoms with van der Waals surface area (Å²) in [4.78, 5) is 25.5. The van der Waals surface area contributed by atoms with Gasteiger partial charge in [-0.25, -0.2) is 0 Å². The molecular weight excluding hydrogens is 446 g/mol. The zero-order chi connectivity index (χ0) is 23.8. The average molecular weight is 478 g/mol. The summed E-state index contributed by atoms with van der Waals surface area (Å²) in [6, 6.07) is 17.5. The lowest BCUT2D eigenvalue weighted by atomic mass is 9.95. The third-order valence-electron chi connectivity index (χ3n) is 6.10. The molecule has 1 fully saturated rings. The van der Waals surface area contributed by atoms with Crippen molar-refractivity contribution in [2.24, 2.45) is 0 Å². The number of thioether (sulfide) groups is 1. The number of aromatic nitrogens is 3. The number of benzene rings is 2. The van der Waals surface area contributed by atoms with Crippen molar-refractivity contribution in [1.82, 2.24) is 20.1 Å². The Morgan fingerprint density at radius 3 is 2.53 bits per heavy atom. The number of nitrogens with zero attached hydrogens (tertiary/aromatic N) is 3. The predicted molar refractivity (Wildman–Crippen MR) is 135 cm³/mol. The van der Waals surface area contributed by atoms with E-state index in [4.69, 9.17) is 0 Å². The summed E-state index contributed by atoms with van der Waals surface area (Å²) >= 11 is 1.39. The third kappa shape index (κ3) is 6.26. The van der Waals surface area contributed by atoms with Gasteiger partial charge in [-0.15, -0.1) is 10.2 Å². The fourth-order valence-electron chi connectivity index (χ4n) is 4.37. The predicted octanol–water partition coefficient (Wildman–Crippen LogP) is 4.80. The van der Waals surface area contributed by atoms with Gasteiger partial charge >= 0.3 is 0 Å². The van der Waals surface area contributed by atoms with Gasteiger partial charge in [0.2, 0.25) is 5.91 Å². The van der Waals surface area contributed by atoms with E-state index >= 15 is 0 Å². The van der Waals surface area contributed by atoms with E-state index in [1.807, 2.05) is 43.3 Å². The molecule has 0 saturated heterocycles. The molecule has 2 N–H and O–H groups in total. The fourth-order valence-corrected chi connectivity index (χ4v) is 5.23. The van der Waals surface area contributed by atoms with Crippen LogP contribution in [-0.4, -0.2) is 38.9 Å². The highest BCUT2D eigenvalue weighted by molar-refractivity contribution is 7.99. The number of aryl methyl sites for hydroxylation is 1. The molecule has 8 heteroatoms. The van der Waals surface area contributed by atoms with Gasteiger partial charge in [0.25, 0.3) is 5.91 Å². The van der Waals surface area contributed by atoms with Gasteiger partial charge in [-0.3, -0.25) is 9.59 Å². The van der Waals surface area contributed by atoms with E-state index < -0.39 is 0 Å². The van der Waals surface area contributed by atoms with Crippen LogP contribution in [0.25, 0.3) is 0 Å². The van der Waals surface area contributed by atoms with E-state index in [2.05, 4.69) is 25.4 Å². The normalized spacial score (nSPS) is 14.0. The Hall–Kier alpha value is -3.13. The van der Waals surface area contributed by atoms with Crippen LogP contribution < -0.4 is 10.6 Å². The van der Waals surface area contributed by atoms with E-state index in [0.717, 1.165) is 35.8 Å². The number of hydrogen-bond acceptors (Lipinski definition) is 5. The van der Waals surface area contributed by atoms with Gasteiger partial charge < -0.3 is 15.2 Å². The van der Waals surface area contributed by atoms with Crippen molar-refractivity contribution in [3.8, 4) is 0 Å². The van der Waals surface area contributed by atoms with Gasteiger partial charge in [0, 0.05) is 12.6 Å². The van der Waals surface area contributed by atoms with Crippen LogP contribution >= 0.6 is 11.8 Å². The molecule has 3 aromatic rings. The highest BCUT2D eigenvalue weighted by Crippen LogP contribution is 2.32. The molecule has 1 saturated carbocycles. The molecule has 4 rings (SSSR count). The van der Waals surface area contributed by atoms with Crippen molar-refractivity contribution in [3.05, 3.63) is 71.5 Å². The fraction of sp³-hybridized carbons (Fsp3) is 0.385. The zero-order valence-electron chi connectivity index (χ0n) is 19.5. The summed E-state index contributed by atoms with van der Waals surface area (Å²) in [5.74, 6) is 0.722. The quantitative estimate of drug-likeness (QED) is 0.433. The number of rotatable bonds is 9. The van der Waals surface area contributed by atoms with Gasteiger partial charge in [-0.05, 0) is 43.9 Å². The first kappa shape index (κ1) is 24.0. The molecule has 0 bridgehead atoms. The van der Waals surface area contributed by atoms with E-state index in [9.17, 15) is 9.59 Å². The second-order valence-electron chi connectivity index (χ2n) is 8.57. The third-order valence-corrected chi connectivity index (χ3v) is 7.04. The summed E-state index contributed by atoms with van der Waals surface area (Å²) in [6.45, 7) is 2.50. The highest BCUT2D eigenvalue weighted by Gasteiger charge is 2.22. The minimum atomic E-state index is -0.202. The first-order valence-corrected chi connectivity index (χ1v) is 12.9. The summed E-state index contributed by atoms with van der Waals surface area (Å²) < 4.78 is 2.19. The Morgan fingerprint density at radius 2 is 1.74 bits per heavy atom. The van der Waals surface area contributed by atoms with Crippen LogP contribution in [-0.2, 0) is 11.2 Å². The number of nitrogens with one attached hydrogen (secondary N) is 2. The van der Waals surface area contributed by atoms with Crippen LogP contribution in [0, 0.1) is 6.92 Å². The van der Waals surface area contributed by atoms with Crippen molar-refractivity contribution in [2.75, 3.05) is 17.6 Å². The number of anilines is 1. The summed E-state index contributed by atoms with van der Waals surface area (Å²) in [6.07, 6.45) is 6.73. The standard InChI is InChI=1S/C26H31N5O2S/c1-19-29-30-26(31(19)21-12-6-3-7-13-21)34-18-24(32)28-23-15-9-8-14-22(23)25(33)27-17-16-20-10-4-2-5-11-20/h2,4-5,8-11,14-15,21H,3,6-7,12-13,16-18H2,1H3,(H,27,33)(H,28,32). The number of carbonyl (C=O) groups is 2. The second kappa shape index (κ2) is 11.8. The number of carbonyl (C=O) groups excluding carboxylic acids is 2. The van der Waals surface area contributed by atoms with Gasteiger partial charge in [-0.2, -0.15) is 0 Å². The molecule has 7 nitrogen and oxygen atoms in total. The van der Waals surface area contributed by atoms with Crippen LogP contribution in [0.2, 0.25) is 0 Å². The second-order valence-corrected chi connectivity index (χ2v) is 9.51. The van der Waals surface area contributed by atoms with Crippen molar-refractivity contribution in [2.45, 2.75) is 56.6 Å². The number of para-hydroxylation sites is 1. The number of hydrogen-bond donors (Lipinski definition) is 2. The molecule has 0 aliphatic heterocycles. The highest BCUT2D eigenvalue weighted by atomic mass is 32.2. The molecule has 1 aliphatic carbocycles. The Labute approximate surface area is 204 Å². The van der Waals surface area contributed by atoms with Gasteiger partial charge in [0.05, 0.1) is 17.0 Å². The van der Waals surface area contributed by atoms with Gasteiger partial charge in [0.15, 0.2) is 5.16 Å². The van der Waals surface area contributed by atoms with Crippen LogP contribution in [0.1, 0.15) is 59.9 Å². The number of amides is 2. The Morgan fingerprint density at radius 1 is 1.00 bits per heavy atom. The topological polar surface area (TPSA) is 88.9 Å².